The predicted octanol–water partition coefficient (Wildman–Crippen LogP) is 0.499. The van der Waals surface area contributed by atoms with E-state index in [2.05, 4.69) is 5.64 Å². The number of rotatable bonds is 1. The van der Waals surface area contributed by atoms with Gasteiger partial charge >= 0.3 is 0 Å². The van der Waals surface area contributed by atoms with Gasteiger partial charge in [-0.15, -0.1) is 11.3 Å². The Hall–Kier alpha value is -1.48. The molecule has 0 aromatic carbocycles. The van der Waals surface area contributed by atoms with Gasteiger partial charge in [-0.2, -0.15) is 0 Å². The van der Waals surface area contributed by atoms with Crippen LogP contribution >= 0.6 is 11.3 Å². The van der Waals surface area contributed by atoms with Crippen molar-refractivity contribution in [2.24, 2.45) is 0 Å². The Labute approximate surface area is 106 Å². The summed E-state index contributed by atoms with van der Waals surface area (Å²) in [5.74, 6) is -0.797. The van der Waals surface area contributed by atoms with Gasteiger partial charge in [0.2, 0.25) is 0 Å². The summed E-state index contributed by atoms with van der Waals surface area (Å²) in [5, 5.41) is 1.95. The number of thiophene rings is 1. The summed E-state index contributed by atoms with van der Waals surface area (Å²) in [6.07, 6.45) is 0.394. The van der Waals surface area contributed by atoms with Crippen LogP contribution in [0.4, 0.5) is 5.00 Å². The first-order valence-electron chi connectivity index (χ1n) is 5.35. The molecule has 0 spiro atoms. The van der Waals surface area contributed by atoms with E-state index in [4.69, 9.17) is 15.4 Å². The lowest BCUT2D eigenvalue weighted by Crippen LogP contribution is -2.57. The van der Waals surface area contributed by atoms with E-state index < -0.39 is 11.6 Å². The SMILES string of the molecule is CC1(N2C(=O)c3csc(N)c3C2=O)CCONO1. The number of carbonyl (C=O) groups excluding carboxylic acids is 2. The maximum atomic E-state index is 12.3. The number of nitrogens with two attached hydrogens (primary N) is 1. The molecule has 18 heavy (non-hydrogen) atoms. The first-order chi connectivity index (χ1) is 8.54. The van der Waals surface area contributed by atoms with Crippen LogP contribution in [0.2, 0.25) is 0 Å². The molecule has 0 radical (unpaired) electrons. The number of anilines is 1. The number of fused-ring (bicyclic) bond motifs is 1. The standard InChI is InChI=1S/C10H11N3O4S/c1-10(2-3-16-12-17-10)13-8(14)5-4-18-7(11)6(5)9(13)15/h4,12H,2-3,11H2,1H3. The molecule has 3 heterocycles. The number of nitrogens with one attached hydrogen (secondary N) is 1. The minimum Gasteiger partial charge on any atom is -0.390 e. The summed E-state index contributed by atoms with van der Waals surface area (Å²) in [6, 6.07) is 0. The highest BCUT2D eigenvalue weighted by Gasteiger charge is 2.50. The third-order valence-corrected chi connectivity index (χ3v) is 3.94. The number of nitrogens with zero attached hydrogens (tertiary/aromatic N) is 1. The average molecular weight is 269 g/mol. The molecule has 2 aliphatic rings. The van der Waals surface area contributed by atoms with Crippen LogP contribution < -0.4 is 11.4 Å². The maximum Gasteiger partial charge on any atom is 0.266 e. The Bertz CT molecular complexity index is 535. The number of imide groups is 1. The fraction of sp³-hybridized carbons (Fsp3) is 0.400. The molecule has 1 fully saturated rings. The van der Waals surface area contributed by atoms with Gasteiger partial charge in [-0.05, 0) is 6.92 Å². The second kappa shape index (κ2) is 3.75. The first kappa shape index (κ1) is 11.6. The molecule has 0 bridgehead atoms. The third kappa shape index (κ3) is 1.40. The number of nitrogen functional groups attached to an aromatic ring is 1. The van der Waals surface area contributed by atoms with Crippen LogP contribution in [0.25, 0.3) is 0 Å². The zero-order chi connectivity index (χ0) is 12.9. The molecule has 7 nitrogen and oxygen atoms in total. The van der Waals surface area contributed by atoms with E-state index in [1.54, 1.807) is 12.3 Å². The fourth-order valence-electron chi connectivity index (χ4n) is 2.11. The molecular weight excluding hydrogens is 258 g/mol. The van der Waals surface area contributed by atoms with Crippen LogP contribution in [-0.4, -0.2) is 29.0 Å². The van der Waals surface area contributed by atoms with Crippen molar-refractivity contribution in [3.63, 3.8) is 0 Å². The van der Waals surface area contributed by atoms with Gasteiger partial charge in [0.15, 0.2) is 5.72 Å². The zero-order valence-electron chi connectivity index (χ0n) is 9.56. The van der Waals surface area contributed by atoms with Gasteiger partial charge in [-0.1, -0.05) is 5.64 Å². The number of amides is 2. The Kier molecular flexibility index (Phi) is 2.42. The number of hydrogen-bond donors (Lipinski definition) is 2. The smallest absolute Gasteiger partial charge is 0.266 e. The summed E-state index contributed by atoms with van der Waals surface area (Å²) in [5.41, 5.74) is 7.53. The minimum absolute atomic E-state index is 0.279. The van der Waals surface area contributed by atoms with Crippen molar-refractivity contribution in [2.75, 3.05) is 12.3 Å². The van der Waals surface area contributed by atoms with Gasteiger partial charge in [0, 0.05) is 11.8 Å². The monoisotopic (exact) mass is 269 g/mol. The van der Waals surface area contributed by atoms with E-state index in [1.807, 2.05) is 0 Å². The molecule has 1 atom stereocenters. The quantitative estimate of drug-likeness (QED) is 0.721. The van der Waals surface area contributed by atoms with Crippen molar-refractivity contribution in [1.29, 1.82) is 0 Å². The molecule has 2 aliphatic heterocycles. The Morgan fingerprint density at radius 1 is 1.50 bits per heavy atom. The number of hydrogen-bond acceptors (Lipinski definition) is 7. The molecule has 1 saturated heterocycles. The lowest BCUT2D eigenvalue weighted by atomic mass is 10.1. The van der Waals surface area contributed by atoms with Crippen molar-refractivity contribution in [3.05, 3.63) is 16.5 Å². The molecule has 0 saturated carbocycles. The van der Waals surface area contributed by atoms with Gasteiger partial charge in [0.1, 0.15) is 0 Å². The second-order valence-corrected chi connectivity index (χ2v) is 5.20. The van der Waals surface area contributed by atoms with Crippen molar-refractivity contribution in [1.82, 2.24) is 10.5 Å². The summed E-state index contributed by atoms with van der Waals surface area (Å²) >= 11 is 1.19. The minimum atomic E-state index is -1.06. The highest BCUT2D eigenvalue weighted by molar-refractivity contribution is 7.14. The molecule has 8 heteroatoms. The van der Waals surface area contributed by atoms with Crippen LogP contribution in [0.1, 0.15) is 34.1 Å². The molecule has 1 unspecified atom stereocenters. The molecule has 96 valence electrons. The van der Waals surface area contributed by atoms with Gasteiger partial charge in [0.05, 0.1) is 22.7 Å². The van der Waals surface area contributed by atoms with E-state index in [9.17, 15) is 9.59 Å². The van der Waals surface area contributed by atoms with Crippen molar-refractivity contribution in [3.8, 4) is 0 Å². The second-order valence-electron chi connectivity index (χ2n) is 4.29. The summed E-state index contributed by atoms with van der Waals surface area (Å²) in [4.78, 5) is 35.6. The van der Waals surface area contributed by atoms with Gasteiger partial charge in [-0.3, -0.25) is 14.4 Å². The molecule has 1 aromatic heterocycles. The Morgan fingerprint density at radius 2 is 2.28 bits per heavy atom. The maximum absolute atomic E-state index is 12.3. The van der Waals surface area contributed by atoms with Crippen LogP contribution in [0.5, 0.6) is 0 Å². The van der Waals surface area contributed by atoms with Crippen molar-refractivity contribution < 1.29 is 19.3 Å². The van der Waals surface area contributed by atoms with Crippen molar-refractivity contribution >= 4 is 28.2 Å². The first-order valence-corrected chi connectivity index (χ1v) is 6.23. The van der Waals surface area contributed by atoms with E-state index in [0.717, 1.165) is 4.90 Å². The van der Waals surface area contributed by atoms with E-state index >= 15 is 0 Å². The summed E-state index contributed by atoms with van der Waals surface area (Å²) in [7, 11) is 0. The van der Waals surface area contributed by atoms with Crippen LogP contribution in [0, 0.1) is 0 Å². The highest BCUT2D eigenvalue weighted by Crippen LogP contribution is 2.38. The lowest BCUT2D eigenvalue weighted by Gasteiger charge is -2.38. The topological polar surface area (TPSA) is 93.9 Å². The van der Waals surface area contributed by atoms with E-state index in [-0.39, 0.29) is 11.5 Å². The van der Waals surface area contributed by atoms with E-state index in [1.165, 1.54) is 11.3 Å². The van der Waals surface area contributed by atoms with Crippen LogP contribution in [0.3, 0.4) is 0 Å². The predicted molar refractivity (Wildman–Crippen MR) is 62.4 cm³/mol. The zero-order valence-corrected chi connectivity index (χ0v) is 10.4. The lowest BCUT2D eigenvalue weighted by molar-refractivity contribution is -0.302. The van der Waals surface area contributed by atoms with Gasteiger partial charge < -0.3 is 5.73 Å². The average Bonchev–Trinajstić information content (AvgIpc) is 2.82. The Balaban J connectivity index is 2.01. The van der Waals surface area contributed by atoms with Crippen LogP contribution in [0.15, 0.2) is 5.38 Å². The third-order valence-electron chi connectivity index (χ3n) is 3.13. The number of carbonyl (C=O) groups is 2. The normalized spacial score (nSPS) is 27.7. The molecular formula is C10H11N3O4S. The molecule has 0 aliphatic carbocycles. The molecule has 3 N–H and O–H groups in total. The largest absolute Gasteiger partial charge is 0.390 e. The highest BCUT2D eigenvalue weighted by atomic mass is 32.1. The Morgan fingerprint density at radius 3 is 2.89 bits per heavy atom. The van der Waals surface area contributed by atoms with Gasteiger partial charge in [0.25, 0.3) is 11.8 Å². The van der Waals surface area contributed by atoms with Gasteiger partial charge in [-0.25, -0.2) is 9.74 Å². The summed E-state index contributed by atoms with van der Waals surface area (Å²) in [6.45, 7) is 2.00. The molecule has 2 amide bonds. The van der Waals surface area contributed by atoms with Crippen molar-refractivity contribution in [2.45, 2.75) is 19.1 Å². The summed E-state index contributed by atoms with van der Waals surface area (Å²) < 4.78 is 0. The van der Waals surface area contributed by atoms with E-state index in [0.29, 0.717) is 23.6 Å². The molecule has 3 rings (SSSR count). The van der Waals surface area contributed by atoms with Crippen LogP contribution in [-0.2, 0) is 9.68 Å². The molecule has 1 aromatic rings. The fourth-order valence-corrected chi connectivity index (χ4v) is 2.89.